The Morgan fingerprint density at radius 1 is 1.05 bits per heavy atom. The maximum Gasteiger partial charge on any atom is 0.337 e. The number of carbonyl (C=O) groups is 1. The molecule has 0 aliphatic carbocycles. The van der Waals surface area contributed by atoms with E-state index in [0.717, 1.165) is 11.1 Å². The Bertz CT molecular complexity index is 833. The molecule has 0 fully saturated rings. The van der Waals surface area contributed by atoms with Crippen LogP contribution < -0.4 is 5.32 Å². The number of carboxylic acid groups (broad SMARTS) is 1. The minimum Gasteiger partial charge on any atom is -0.478 e. The number of nitrogens with one attached hydrogen (secondary N) is 1. The molecule has 0 amide bonds. The third-order valence-electron chi connectivity index (χ3n) is 3.15. The van der Waals surface area contributed by atoms with Crippen LogP contribution in [0.5, 0.6) is 0 Å². The van der Waals surface area contributed by atoms with Gasteiger partial charge in [-0.15, -0.1) is 0 Å². The van der Waals surface area contributed by atoms with Crippen LogP contribution in [0.15, 0.2) is 54.7 Å². The average Bonchev–Trinajstić information content (AvgIpc) is 2.49. The molecule has 0 saturated carbocycles. The summed E-state index contributed by atoms with van der Waals surface area (Å²) in [5.74, 6) is -0.977. The Morgan fingerprint density at radius 3 is 2.67 bits per heavy atom. The van der Waals surface area contributed by atoms with Gasteiger partial charge in [0.15, 0.2) is 0 Å². The van der Waals surface area contributed by atoms with E-state index >= 15 is 0 Å². The van der Waals surface area contributed by atoms with Gasteiger partial charge in [0.2, 0.25) is 0 Å². The molecular weight excluding hydrogens is 288 g/mol. The van der Waals surface area contributed by atoms with E-state index in [4.69, 9.17) is 11.6 Å². The average molecular weight is 299 g/mol. The maximum atomic E-state index is 11.3. The zero-order valence-electron chi connectivity index (χ0n) is 10.9. The lowest BCUT2D eigenvalue weighted by molar-refractivity contribution is 0.0698. The van der Waals surface area contributed by atoms with Crippen molar-refractivity contribution in [3.8, 4) is 0 Å². The minimum atomic E-state index is -0.977. The van der Waals surface area contributed by atoms with Crippen molar-refractivity contribution in [2.45, 2.75) is 0 Å². The Balaban J connectivity index is 2.11. The van der Waals surface area contributed by atoms with E-state index in [9.17, 15) is 9.90 Å². The van der Waals surface area contributed by atoms with Gasteiger partial charge < -0.3 is 10.4 Å². The molecule has 4 nitrogen and oxygen atoms in total. The molecule has 3 rings (SSSR count). The Kier molecular flexibility index (Phi) is 3.46. The number of hydrogen-bond donors (Lipinski definition) is 2. The number of anilines is 2. The van der Waals surface area contributed by atoms with Crippen LogP contribution in [0, 0.1) is 0 Å². The van der Waals surface area contributed by atoms with Crippen LogP contribution in [-0.4, -0.2) is 16.1 Å². The first kappa shape index (κ1) is 13.4. The lowest BCUT2D eigenvalue weighted by Crippen LogP contribution is -2.02. The molecule has 2 N–H and O–H groups in total. The van der Waals surface area contributed by atoms with E-state index in [0.29, 0.717) is 16.2 Å². The zero-order chi connectivity index (χ0) is 14.8. The first-order chi connectivity index (χ1) is 10.2. The predicted octanol–water partition coefficient (Wildman–Crippen LogP) is 4.33. The fourth-order valence-corrected chi connectivity index (χ4v) is 2.40. The summed E-state index contributed by atoms with van der Waals surface area (Å²) in [5.41, 5.74) is 2.18. The lowest BCUT2D eigenvalue weighted by atomic mass is 10.1. The highest BCUT2D eigenvalue weighted by Crippen LogP contribution is 2.30. The van der Waals surface area contributed by atoms with Gasteiger partial charge in [0.25, 0.3) is 0 Å². The van der Waals surface area contributed by atoms with Crippen LogP contribution >= 0.6 is 11.6 Å². The van der Waals surface area contributed by atoms with Crippen molar-refractivity contribution >= 4 is 39.8 Å². The molecule has 0 radical (unpaired) electrons. The molecule has 1 aromatic heterocycles. The van der Waals surface area contributed by atoms with Gasteiger partial charge in [-0.05, 0) is 24.3 Å². The molecule has 1 heterocycles. The number of aromatic carboxylic acids is 1. The molecule has 0 unspecified atom stereocenters. The number of nitrogens with zero attached hydrogens (tertiary/aromatic N) is 1. The summed E-state index contributed by atoms with van der Waals surface area (Å²) < 4.78 is 0. The molecule has 5 heteroatoms. The summed E-state index contributed by atoms with van der Waals surface area (Å²) >= 11 is 6.13. The first-order valence-corrected chi connectivity index (χ1v) is 6.67. The highest BCUT2D eigenvalue weighted by Gasteiger charge is 2.11. The van der Waals surface area contributed by atoms with E-state index in [1.54, 1.807) is 42.6 Å². The maximum absolute atomic E-state index is 11.3. The Morgan fingerprint density at radius 2 is 1.86 bits per heavy atom. The smallest absolute Gasteiger partial charge is 0.337 e. The standard InChI is InChI=1S/C16H11ClN2O2/c17-12-6-3-5-10-14(8-9-18-15(10)12)19-13-7-2-1-4-11(13)16(20)21/h1-9H,(H,18,19)(H,20,21). The molecular formula is C16H11ClN2O2. The van der Waals surface area contributed by atoms with E-state index < -0.39 is 5.97 Å². The number of carboxylic acids is 1. The van der Waals surface area contributed by atoms with Crippen LogP contribution in [0.1, 0.15) is 10.4 Å². The summed E-state index contributed by atoms with van der Waals surface area (Å²) in [6.45, 7) is 0. The summed E-state index contributed by atoms with van der Waals surface area (Å²) in [5, 5.41) is 13.8. The number of halogens is 1. The second kappa shape index (κ2) is 5.42. The van der Waals surface area contributed by atoms with E-state index in [1.807, 2.05) is 12.1 Å². The lowest BCUT2D eigenvalue weighted by Gasteiger charge is -2.12. The van der Waals surface area contributed by atoms with Crippen LogP contribution in [0.4, 0.5) is 11.4 Å². The Labute approximate surface area is 126 Å². The van der Waals surface area contributed by atoms with Gasteiger partial charge in [0, 0.05) is 17.3 Å². The van der Waals surface area contributed by atoms with E-state index in [1.165, 1.54) is 0 Å². The second-order valence-corrected chi connectivity index (χ2v) is 4.88. The molecule has 0 atom stereocenters. The van der Waals surface area contributed by atoms with Gasteiger partial charge >= 0.3 is 5.97 Å². The van der Waals surface area contributed by atoms with E-state index in [2.05, 4.69) is 10.3 Å². The predicted molar refractivity (Wildman–Crippen MR) is 83.4 cm³/mol. The Hall–Kier alpha value is -2.59. The SMILES string of the molecule is O=C(O)c1ccccc1Nc1ccnc2c(Cl)cccc12. The van der Waals surface area contributed by atoms with Crippen molar-refractivity contribution in [1.82, 2.24) is 4.98 Å². The summed E-state index contributed by atoms with van der Waals surface area (Å²) in [6, 6.07) is 14.0. The van der Waals surface area contributed by atoms with Crippen LogP contribution in [0.25, 0.3) is 10.9 Å². The highest BCUT2D eigenvalue weighted by molar-refractivity contribution is 6.35. The number of fused-ring (bicyclic) bond motifs is 1. The number of benzene rings is 2. The summed E-state index contributed by atoms with van der Waals surface area (Å²) in [4.78, 5) is 15.5. The van der Waals surface area contributed by atoms with Crippen LogP contribution in [0.2, 0.25) is 5.02 Å². The summed E-state index contributed by atoms with van der Waals surface area (Å²) in [7, 11) is 0. The number of para-hydroxylation sites is 2. The fraction of sp³-hybridized carbons (Fsp3) is 0. The van der Waals surface area contributed by atoms with Gasteiger partial charge in [0.1, 0.15) is 0 Å². The van der Waals surface area contributed by atoms with Crippen molar-refractivity contribution in [3.63, 3.8) is 0 Å². The fourth-order valence-electron chi connectivity index (χ4n) is 2.17. The molecule has 0 saturated heterocycles. The minimum absolute atomic E-state index is 0.212. The van der Waals surface area contributed by atoms with Crippen LogP contribution in [-0.2, 0) is 0 Å². The topological polar surface area (TPSA) is 62.2 Å². The summed E-state index contributed by atoms with van der Waals surface area (Å²) in [6.07, 6.45) is 1.64. The van der Waals surface area contributed by atoms with Crippen molar-refractivity contribution in [2.75, 3.05) is 5.32 Å². The van der Waals surface area contributed by atoms with Gasteiger partial charge in [-0.3, -0.25) is 4.98 Å². The number of rotatable bonds is 3. The number of aromatic nitrogens is 1. The molecule has 21 heavy (non-hydrogen) atoms. The van der Waals surface area contributed by atoms with Gasteiger partial charge in [-0.25, -0.2) is 4.79 Å². The molecule has 2 aromatic carbocycles. The molecule has 0 spiro atoms. The number of hydrogen-bond acceptors (Lipinski definition) is 3. The van der Waals surface area contributed by atoms with Crippen molar-refractivity contribution in [3.05, 3.63) is 65.3 Å². The molecule has 0 bridgehead atoms. The quantitative estimate of drug-likeness (QED) is 0.755. The molecule has 0 aliphatic heterocycles. The second-order valence-electron chi connectivity index (χ2n) is 4.47. The zero-order valence-corrected chi connectivity index (χ0v) is 11.6. The van der Waals surface area contributed by atoms with Crippen molar-refractivity contribution in [2.24, 2.45) is 0 Å². The monoisotopic (exact) mass is 298 g/mol. The van der Waals surface area contributed by atoms with E-state index in [-0.39, 0.29) is 5.56 Å². The van der Waals surface area contributed by atoms with Crippen LogP contribution in [0.3, 0.4) is 0 Å². The van der Waals surface area contributed by atoms with Gasteiger partial charge in [0.05, 0.1) is 21.8 Å². The molecule has 3 aromatic rings. The third kappa shape index (κ3) is 2.53. The van der Waals surface area contributed by atoms with Crippen molar-refractivity contribution in [1.29, 1.82) is 0 Å². The molecule has 104 valence electrons. The van der Waals surface area contributed by atoms with Gasteiger partial charge in [-0.2, -0.15) is 0 Å². The normalized spacial score (nSPS) is 10.5. The number of pyridine rings is 1. The molecule has 0 aliphatic rings. The van der Waals surface area contributed by atoms with Gasteiger partial charge in [-0.1, -0.05) is 35.9 Å². The van der Waals surface area contributed by atoms with Crippen molar-refractivity contribution < 1.29 is 9.90 Å². The largest absolute Gasteiger partial charge is 0.478 e. The highest BCUT2D eigenvalue weighted by atomic mass is 35.5. The first-order valence-electron chi connectivity index (χ1n) is 6.29. The third-order valence-corrected chi connectivity index (χ3v) is 3.45.